The first-order valence-corrected chi connectivity index (χ1v) is 13.4. The quantitative estimate of drug-likeness (QED) is 0.496. The number of carbonyl (C=O) groups is 2. The van der Waals surface area contributed by atoms with E-state index in [1.807, 2.05) is 13.8 Å². The summed E-state index contributed by atoms with van der Waals surface area (Å²) in [7, 11) is 0. The molecule has 182 valence electrons. The van der Waals surface area contributed by atoms with E-state index in [9.17, 15) is 14.7 Å². The molecule has 0 aromatic rings. The fraction of sp³-hybridized carbons (Fsp3) is 0.857. The summed E-state index contributed by atoms with van der Waals surface area (Å²) in [6.45, 7) is 8.61. The van der Waals surface area contributed by atoms with Gasteiger partial charge in [-0.05, 0) is 94.8 Å². The van der Waals surface area contributed by atoms with Gasteiger partial charge in [0, 0.05) is 30.9 Å². The molecule has 0 aromatic heterocycles. The minimum atomic E-state index is -0.313. The van der Waals surface area contributed by atoms with Crippen molar-refractivity contribution in [3.05, 3.63) is 11.1 Å². The lowest BCUT2D eigenvalue weighted by molar-refractivity contribution is -0.157. The van der Waals surface area contributed by atoms with Gasteiger partial charge in [0.15, 0.2) is 0 Å². The Morgan fingerprint density at radius 1 is 1.09 bits per heavy atom. The number of carbonyl (C=O) groups excluding carboxylic acids is 2. The van der Waals surface area contributed by atoms with Gasteiger partial charge in [0.25, 0.3) is 0 Å². The van der Waals surface area contributed by atoms with Crippen molar-refractivity contribution in [2.24, 2.45) is 40.4 Å². The predicted molar refractivity (Wildman–Crippen MR) is 123 cm³/mol. The summed E-state index contributed by atoms with van der Waals surface area (Å²) >= 11 is 0. The van der Waals surface area contributed by atoms with E-state index in [4.69, 9.17) is 9.47 Å². The molecule has 0 unspecified atom stereocenters. The lowest BCUT2D eigenvalue weighted by atomic mass is 9.44. The Bertz CT molecular complexity index is 923. The zero-order valence-electron chi connectivity index (χ0n) is 20.7. The smallest absolute Gasteiger partial charge is 0.333 e. The van der Waals surface area contributed by atoms with Gasteiger partial charge in [0.2, 0.25) is 0 Å². The molecule has 1 saturated heterocycles. The number of Topliss-reactive ketones (excluding diaryl/α,β-unsaturated/α-hetero) is 1. The van der Waals surface area contributed by atoms with Gasteiger partial charge < -0.3 is 14.6 Å². The first-order chi connectivity index (χ1) is 15.7. The van der Waals surface area contributed by atoms with Gasteiger partial charge in [0.05, 0.1) is 11.5 Å². The number of aliphatic hydroxyl groups is 1. The molecule has 0 radical (unpaired) electrons. The lowest BCUT2D eigenvalue weighted by Crippen LogP contribution is -2.61. The highest BCUT2D eigenvalue weighted by Crippen LogP contribution is 2.73. The van der Waals surface area contributed by atoms with E-state index < -0.39 is 0 Å². The molecule has 2 heterocycles. The lowest BCUT2D eigenvalue weighted by Gasteiger charge is -2.58. The molecular formula is C28H40O5. The monoisotopic (exact) mass is 456 g/mol. The average molecular weight is 457 g/mol. The van der Waals surface area contributed by atoms with Gasteiger partial charge in [0.1, 0.15) is 17.5 Å². The summed E-state index contributed by atoms with van der Waals surface area (Å²) in [6.07, 6.45) is 9.02. The molecule has 1 N–H and O–H groups in total. The van der Waals surface area contributed by atoms with Crippen LogP contribution in [-0.2, 0) is 19.1 Å². The highest BCUT2D eigenvalue weighted by atomic mass is 16.6. The number of aliphatic hydroxyl groups excluding tert-OH is 1. The zero-order chi connectivity index (χ0) is 23.3. The summed E-state index contributed by atoms with van der Waals surface area (Å²) < 4.78 is 12.3. The number of hydrogen-bond acceptors (Lipinski definition) is 5. The van der Waals surface area contributed by atoms with E-state index in [0.29, 0.717) is 35.9 Å². The molecule has 6 aliphatic rings. The number of hydrogen-bond donors (Lipinski definition) is 1. The standard InChI is InChI=1S/C28H40O5/c1-15-12-22(32-25(31)16(15)2)18(14-29)20-8-7-19-17-13-24-28(33-24)10-5-6-23(30)27(28,4)21(17)9-11-26(19,20)3/h17-22,24,29H,5-14H2,1-4H3/t17-,18-,19-,20+,21-,22+,24+,26-,27-,28+/m0/s1. The average Bonchev–Trinajstić information content (AvgIpc) is 3.38. The number of esters is 1. The van der Waals surface area contributed by atoms with Crippen LogP contribution in [0.4, 0.5) is 0 Å². The van der Waals surface area contributed by atoms with Gasteiger partial charge in [-0.15, -0.1) is 0 Å². The fourth-order valence-electron chi connectivity index (χ4n) is 9.89. The van der Waals surface area contributed by atoms with Crippen LogP contribution < -0.4 is 0 Å². The van der Waals surface area contributed by atoms with Crippen LogP contribution in [0.5, 0.6) is 0 Å². The molecule has 1 spiro atoms. The number of epoxide rings is 1. The van der Waals surface area contributed by atoms with Gasteiger partial charge in [-0.3, -0.25) is 4.79 Å². The molecule has 0 amide bonds. The van der Waals surface area contributed by atoms with Crippen LogP contribution in [0.15, 0.2) is 11.1 Å². The normalized spacial score (nSPS) is 51.8. The molecule has 6 rings (SSSR count). The van der Waals surface area contributed by atoms with Crippen LogP contribution in [0.1, 0.15) is 85.5 Å². The van der Waals surface area contributed by atoms with Crippen molar-refractivity contribution in [1.29, 1.82) is 0 Å². The topological polar surface area (TPSA) is 76.1 Å². The van der Waals surface area contributed by atoms with E-state index in [2.05, 4.69) is 13.8 Å². The van der Waals surface area contributed by atoms with Crippen molar-refractivity contribution in [1.82, 2.24) is 0 Å². The van der Waals surface area contributed by atoms with E-state index in [1.165, 1.54) is 0 Å². The molecule has 5 nitrogen and oxygen atoms in total. The van der Waals surface area contributed by atoms with Crippen molar-refractivity contribution in [2.75, 3.05) is 6.61 Å². The van der Waals surface area contributed by atoms with E-state index in [1.54, 1.807) is 0 Å². The number of ether oxygens (including phenoxy) is 2. The van der Waals surface area contributed by atoms with Crippen molar-refractivity contribution in [3.63, 3.8) is 0 Å². The maximum atomic E-state index is 13.4. The summed E-state index contributed by atoms with van der Waals surface area (Å²) in [5.74, 6) is 2.07. The molecule has 0 bridgehead atoms. The highest BCUT2D eigenvalue weighted by Gasteiger charge is 2.77. The summed E-state index contributed by atoms with van der Waals surface area (Å²) in [6, 6.07) is 0. The van der Waals surface area contributed by atoms with Crippen LogP contribution in [0.2, 0.25) is 0 Å². The summed E-state index contributed by atoms with van der Waals surface area (Å²) in [4.78, 5) is 25.8. The first-order valence-electron chi connectivity index (χ1n) is 13.4. The first kappa shape index (κ1) is 22.3. The summed E-state index contributed by atoms with van der Waals surface area (Å²) in [5, 5.41) is 10.5. The predicted octanol–water partition coefficient (Wildman–Crippen LogP) is 4.61. The van der Waals surface area contributed by atoms with Gasteiger partial charge in [-0.25, -0.2) is 4.79 Å². The molecule has 5 heteroatoms. The minimum absolute atomic E-state index is 0.0182. The Balaban J connectivity index is 1.29. The van der Waals surface area contributed by atoms with E-state index in [-0.39, 0.29) is 47.1 Å². The van der Waals surface area contributed by atoms with Gasteiger partial charge >= 0.3 is 5.97 Å². The second-order valence-corrected chi connectivity index (χ2v) is 12.7. The van der Waals surface area contributed by atoms with Crippen molar-refractivity contribution >= 4 is 11.8 Å². The van der Waals surface area contributed by atoms with Crippen molar-refractivity contribution in [3.8, 4) is 0 Å². The SMILES string of the molecule is CC1=C(C)C(=O)O[C@@H]([C@@H](CO)[C@H]2CC[C@H]3[C@@H]4C[C@H]5O[C@]56CCCC(=O)[C@]6(C)[C@H]4CC[C@]23C)C1. The Labute approximate surface area is 197 Å². The van der Waals surface area contributed by atoms with Crippen LogP contribution in [0.3, 0.4) is 0 Å². The molecule has 0 aromatic carbocycles. The van der Waals surface area contributed by atoms with Crippen molar-refractivity contribution in [2.45, 2.75) is 103 Å². The van der Waals surface area contributed by atoms with Crippen LogP contribution in [-0.4, -0.2) is 41.3 Å². The molecule has 10 atom stereocenters. The van der Waals surface area contributed by atoms with Gasteiger partial charge in [-0.1, -0.05) is 12.5 Å². The molecular weight excluding hydrogens is 416 g/mol. The molecule has 5 fully saturated rings. The number of cyclic esters (lactones) is 1. The molecule has 33 heavy (non-hydrogen) atoms. The Kier molecular flexibility index (Phi) is 4.83. The van der Waals surface area contributed by atoms with Crippen LogP contribution in [0, 0.1) is 40.4 Å². The second kappa shape index (κ2) is 7.16. The second-order valence-electron chi connectivity index (χ2n) is 12.7. The third-order valence-electron chi connectivity index (χ3n) is 11.9. The third-order valence-corrected chi connectivity index (χ3v) is 11.9. The van der Waals surface area contributed by atoms with E-state index in [0.717, 1.165) is 62.5 Å². The maximum Gasteiger partial charge on any atom is 0.333 e. The van der Waals surface area contributed by atoms with Crippen LogP contribution >= 0.6 is 0 Å². The minimum Gasteiger partial charge on any atom is -0.458 e. The molecule has 4 aliphatic carbocycles. The molecule has 2 aliphatic heterocycles. The van der Waals surface area contributed by atoms with Crippen molar-refractivity contribution < 1.29 is 24.2 Å². The Morgan fingerprint density at radius 3 is 2.61 bits per heavy atom. The van der Waals surface area contributed by atoms with E-state index >= 15 is 0 Å². The fourth-order valence-corrected chi connectivity index (χ4v) is 9.89. The molecule has 4 saturated carbocycles. The Morgan fingerprint density at radius 2 is 1.88 bits per heavy atom. The van der Waals surface area contributed by atoms with Crippen LogP contribution in [0.25, 0.3) is 0 Å². The number of rotatable bonds is 3. The zero-order valence-corrected chi connectivity index (χ0v) is 20.7. The number of fused-ring (bicyclic) bond motifs is 4. The third kappa shape index (κ3) is 2.73. The highest BCUT2D eigenvalue weighted by molar-refractivity contribution is 5.89. The maximum absolute atomic E-state index is 13.4. The Hall–Kier alpha value is -1.20. The largest absolute Gasteiger partial charge is 0.458 e. The van der Waals surface area contributed by atoms with Gasteiger partial charge in [-0.2, -0.15) is 0 Å². The summed E-state index contributed by atoms with van der Waals surface area (Å²) in [5.41, 5.74) is 1.46. The number of ketones is 1.